The minimum absolute atomic E-state index is 0.0865. The van der Waals surface area contributed by atoms with Gasteiger partial charge in [0.05, 0.1) is 6.54 Å². The number of aryl methyl sites for hydroxylation is 1. The van der Waals surface area contributed by atoms with Crippen LogP contribution >= 0.6 is 0 Å². The molecule has 0 saturated heterocycles. The van der Waals surface area contributed by atoms with E-state index in [1.54, 1.807) is 6.20 Å². The van der Waals surface area contributed by atoms with Gasteiger partial charge in [0, 0.05) is 17.3 Å². The van der Waals surface area contributed by atoms with E-state index in [4.69, 9.17) is 0 Å². The van der Waals surface area contributed by atoms with Crippen LogP contribution in [0.1, 0.15) is 45.1 Å². The number of hydrogen-bond acceptors (Lipinski definition) is 2. The van der Waals surface area contributed by atoms with Gasteiger partial charge in [-0.25, -0.2) is 4.98 Å². The molecule has 0 radical (unpaired) electrons. The van der Waals surface area contributed by atoms with Crippen molar-refractivity contribution in [2.45, 2.75) is 47.1 Å². The van der Waals surface area contributed by atoms with Crippen molar-refractivity contribution in [2.24, 2.45) is 5.41 Å². The highest BCUT2D eigenvalue weighted by Crippen LogP contribution is 2.22. The van der Waals surface area contributed by atoms with Crippen LogP contribution < -0.4 is 5.32 Å². The zero-order chi connectivity index (χ0) is 12.2. The molecular weight excluding hydrogens is 202 g/mol. The maximum atomic E-state index is 11.9. The second kappa shape index (κ2) is 5.14. The van der Waals surface area contributed by atoms with Gasteiger partial charge in [-0.15, -0.1) is 0 Å². The van der Waals surface area contributed by atoms with E-state index in [9.17, 15) is 4.79 Å². The molecule has 0 aliphatic heterocycles. The summed E-state index contributed by atoms with van der Waals surface area (Å²) in [4.78, 5) is 19.1. The lowest BCUT2D eigenvalue weighted by Crippen LogP contribution is -2.36. The van der Waals surface area contributed by atoms with E-state index in [2.05, 4.69) is 22.2 Å². The van der Waals surface area contributed by atoms with Crippen LogP contribution in [0.4, 0.5) is 0 Å². The van der Waals surface area contributed by atoms with E-state index in [1.807, 2.05) is 20.8 Å². The van der Waals surface area contributed by atoms with Crippen LogP contribution in [-0.4, -0.2) is 15.9 Å². The quantitative estimate of drug-likeness (QED) is 0.803. The van der Waals surface area contributed by atoms with Crippen LogP contribution in [0.5, 0.6) is 0 Å². The Labute approximate surface area is 96.9 Å². The average molecular weight is 223 g/mol. The third-order valence-corrected chi connectivity index (χ3v) is 2.66. The van der Waals surface area contributed by atoms with Crippen molar-refractivity contribution in [3.8, 4) is 0 Å². The zero-order valence-electron chi connectivity index (χ0n) is 10.6. The Morgan fingerprint density at radius 3 is 2.75 bits per heavy atom. The second-order valence-electron chi connectivity index (χ2n) is 4.83. The number of carbonyl (C=O) groups is 1. The Balaban J connectivity index is 2.46. The van der Waals surface area contributed by atoms with Crippen LogP contribution in [0.15, 0.2) is 6.20 Å². The van der Waals surface area contributed by atoms with Crippen LogP contribution in [-0.2, 0) is 11.3 Å². The van der Waals surface area contributed by atoms with Gasteiger partial charge in [0.2, 0.25) is 5.91 Å². The van der Waals surface area contributed by atoms with Crippen molar-refractivity contribution < 1.29 is 4.79 Å². The van der Waals surface area contributed by atoms with Gasteiger partial charge < -0.3 is 10.3 Å². The number of nitrogens with one attached hydrogen (secondary N) is 2. The topological polar surface area (TPSA) is 57.8 Å². The lowest BCUT2D eigenvalue weighted by molar-refractivity contribution is -0.129. The number of H-pyrrole nitrogens is 1. The first-order valence-corrected chi connectivity index (χ1v) is 5.74. The minimum Gasteiger partial charge on any atom is -0.348 e. The molecular formula is C12H21N3O. The molecule has 4 nitrogen and oxygen atoms in total. The van der Waals surface area contributed by atoms with E-state index < -0.39 is 0 Å². The summed E-state index contributed by atoms with van der Waals surface area (Å²) < 4.78 is 0. The number of imidazole rings is 1. The van der Waals surface area contributed by atoms with Crippen LogP contribution in [0, 0.1) is 12.3 Å². The predicted molar refractivity (Wildman–Crippen MR) is 63.9 cm³/mol. The van der Waals surface area contributed by atoms with Gasteiger partial charge in [0.15, 0.2) is 0 Å². The molecule has 2 N–H and O–H groups in total. The molecule has 0 unspecified atom stereocenters. The highest BCUT2D eigenvalue weighted by molar-refractivity contribution is 5.81. The summed E-state index contributed by atoms with van der Waals surface area (Å²) in [6.07, 6.45) is 3.68. The molecule has 90 valence electrons. The standard InChI is InChI=1S/C12H21N3O/c1-5-6-12(3,4)11(16)14-8-10-13-7-9(2)15-10/h7H,5-6,8H2,1-4H3,(H,13,15)(H,14,16). The Bertz CT molecular complexity index is 355. The molecule has 1 rings (SSSR count). The molecule has 0 aromatic carbocycles. The fourth-order valence-corrected chi connectivity index (χ4v) is 1.70. The van der Waals surface area contributed by atoms with Crippen molar-refractivity contribution in [1.29, 1.82) is 0 Å². The van der Waals surface area contributed by atoms with Crippen molar-refractivity contribution >= 4 is 5.91 Å². The molecule has 16 heavy (non-hydrogen) atoms. The number of carbonyl (C=O) groups excluding carboxylic acids is 1. The van der Waals surface area contributed by atoms with Crippen LogP contribution in [0.3, 0.4) is 0 Å². The molecule has 0 atom stereocenters. The number of aromatic nitrogens is 2. The first-order chi connectivity index (χ1) is 7.45. The molecule has 0 fully saturated rings. The number of hydrogen-bond donors (Lipinski definition) is 2. The van der Waals surface area contributed by atoms with Gasteiger partial charge >= 0.3 is 0 Å². The van der Waals surface area contributed by atoms with Gasteiger partial charge in [-0.05, 0) is 13.3 Å². The van der Waals surface area contributed by atoms with Crippen LogP contribution in [0.2, 0.25) is 0 Å². The van der Waals surface area contributed by atoms with Gasteiger partial charge in [-0.2, -0.15) is 0 Å². The molecule has 0 spiro atoms. The average Bonchev–Trinajstić information content (AvgIpc) is 2.60. The normalized spacial score (nSPS) is 11.5. The van der Waals surface area contributed by atoms with Gasteiger partial charge in [-0.1, -0.05) is 27.2 Å². The smallest absolute Gasteiger partial charge is 0.226 e. The van der Waals surface area contributed by atoms with E-state index >= 15 is 0 Å². The number of rotatable bonds is 5. The van der Waals surface area contributed by atoms with Crippen molar-refractivity contribution in [3.63, 3.8) is 0 Å². The van der Waals surface area contributed by atoms with Crippen molar-refractivity contribution in [1.82, 2.24) is 15.3 Å². The Morgan fingerprint density at radius 1 is 1.56 bits per heavy atom. The third-order valence-electron chi connectivity index (χ3n) is 2.66. The molecule has 1 aromatic heterocycles. The fraction of sp³-hybridized carbons (Fsp3) is 0.667. The summed E-state index contributed by atoms with van der Waals surface area (Å²) in [6.45, 7) is 8.45. The van der Waals surface area contributed by atoms with Crippen LogP contribution in [0.25, 0.3) is 0 Å². The molecule has 4 heteroatoms. The summed E-state index contributed by atoms with van der Waals surface area (Å²) in [5.74, 6) is 0.890. The minimum atomic E-state index is -0.295. The predicted octanol–water partition coefficient (Wildman–Crippen LogP) is 2.16. The van der Waals surface area contributed by atoms with E-state index in [1.165, 1.54) is 0 Å². The Morgan fingerprint density at radius 2 is 2.25 bits per heavy atom. The van der Waals surface area contributed by atoms with E-state index in [-0.39, 0.29) is 11.3 Å². The maximum Gasteiger partial charge on any atom is 0.226 e. The Kier molecular flexibility index (Phi) is 4.10. The fourth-order valence-electron chi connectivity index (χ4n) is 1.70. The van der Waals surface area contributed by atoms with E-state index in [0.29, 0.717) is 6.54 Å². The first-order valence-electron chi connectivity index (χ1n) is 5.74. The summed E-state index contributed by atoms with van der Waals surface area (Å²) in [7, 11) is 0. The number of amides is 1. The van der Waals surface area contributed by atoms with Crippen molar-refractivity contribution in [2.75, 3.05) is 0 Å². The highest BCUT2D eigenvalue weighted by atomic mass is 16.2. The molecule has 1 amide bonds. The number of aromatic amines is 1. The lowest BCUT2D eigenvalue weighted by Gasteiger charge is -2.22. The van der Waals surface area contributed by atoms with Gasteiger partial charge in [0.25, 0.3) is 0 Å². The van der Waals surface area contributed by atoms with Gasteiger partial charge in [0.1, 0.15) is 5.82 Å². The highest BCUT2D eigenvalue weighted by Gasteiger charge is 2.26. The summed E-state index contributed by atoms with van der Waals surface area (Å²) in [5.41, 5.74) is 0.716. The van der Waals surface area contributed by atoms with Gasteiger partial charge in [-0.3, -0.25) is 4.79 Å². The monoisotopic (exact) mass is 223 g/mol. The molecule has 0 bridgehead atoms. The first kappa shape index (κ1) is 12.7. The second-order valence-corrected chi connectivity index (χ2v) is 4.83. The maximum absolute atomic E-state index is 11.9. The third kappa shape index (κ3) is 3.36. The molecule has 1 heterocycles. The molecule has 1 aromatic rings. The van der Waals surface area contributed by atoms with Crippen molar-refractivity contribution in [3.05, 3.63) is 17.7 Å². The Hall–Kier alpha value is -1.32. The lowest BCUT2D eigenvalue weighted by atomic mass is 9.87. The molecule has 0 aliphatic carbocycles. The van der Waals surface area contributed by atoms with E-state index in [0.717, 1.165) is 24.4 Å². The largest absolute Gasteiger partial charge is 0.348 e. The molecule has 0 saturated carbocycles. The zero-order valence-corrected chi connectivity index (χ0v) is 10.6. The summed E-state index contributed by atoms with van der Waals surface area (Å²) in [6, 6.07) is 0. The summed E-state index contributed by atoms with van der Waals surface area (Å²) >= 11 is 0. The number of nitrogens with zero attached hydrogens (tertiary/aromatic N) is 1. The SMILES string of the molecule is CCCC(C)(C)C(=O)NCc1ncc(C)[nH]1. The molecule has 0 aliphatic rings. The summed E-state index contributed by atoms with van der Waals surface area (Å²) in [5, 5.41) is 2.90.